The fraction of sp³-hybridized carbons (Fsp3) is 0.500. The van der Waals surface area contributed by atoms with Crippen molar-refractivity contribution in [2.24, 2.45) is 0 Å². The van der Waals surface area contributed by atoms with E-state index in [1.807, 2.05) is 25.2 Å². The van der Waals surface area contributed by atoms with E-state index in [0.29, 0.717) is 6.04 Å². The van der Waals surface area contributed by atoms with Crippen LogP contribution >= 0.6 is 0 Å². The van der Waals surface area contributed by atoms with E-state index < -0.39 is 0 Å². The largest absolute Gasteiger partial charge is 0.497 e. The molecule has 0 radical (unpaired) electrons. The van der Waals surface area contributed by atoms with Gasteiger partial charge in [-0.05, 0) is 31.7 Å². The zero-order valence-electron chi connectivity index (χ0n) is 9.83. The maximum atomic E-state index is 5.33. The SMILES string of the molecule is CC[C@@H](NC)c1cc(OC)ccc1OC. The van der Waals surface area contributed by atoms with Gasteiger partial charge < -0.3 is 14.8 Å². The summed E-state index contributed by atoms with van der Waals surface area (Å²) in [7, 11) is 5.31. The first kappa shape index (κ1) is 11.9. The molecule has 0 saturated heterocycles. The second kappa shape index (κ2) is 5.61. The second-order valence-electron chi connectivity index (χ2n) is 3.36. The van der Waals surface area contributed by atoms with Gasteiger partial charge in [0.25, 0.3) is 0 Å². The molecule has 84 valence electrons. The summed E-state index contributed by atoms with van der Waals surface area (Å²) in [6.45, 7) is 2.14. The second-order valence-corrected chi connectivity index (χ2v) is 3.36. The third-order valence-electron chi connectivity index (χ3n) is 2.57. The van der Waals surface area contributed by atoms with Gasteiger partial charge in [-0.15, -0.1) is 0 Å². The Kier molecular flexibility index (Phi) is 4.43. The van der Waals surface area contributed by atoms with Crippen LogP contribution in [0.5, 0.6) is 11.5 Å². The molecule has 0 aliphatic carbocycles. The van der Waals surface area contributed by atoms with Crippen LogP contribution < -0.4 is 14.8 Å². The molecule has 0 saturated carbocycles. The molecule has 1 atom stereocenters. The van der Waals surface area contributed by atoms with E-state index >= 15 is 0 Å². The van der Waals surface area contributed by atoms with E-state index in [1.165, 1.54) is 0 Å². The van der Waals surface area contributed by atoms with Gasteiger partial charge in [-0.25, -0.2) is 0 Å². The lowest BCUT2D eigenvalue weighted by molar-refractivity contribution is 0.390. The molecular formula is C12H19NO2. The van der Waals surface area contributed by atoms with Crippen LogP contribution in [0, 0.1) is 0 Å². The highest BCUT2D eigenvalue weighted by molar-refractivity contribution is 5.42. The summed E-state index contributed by atoms with van der Waals surface area (Å²) < 4.78 is 10.5. The van der Waals surface area contributed by atoms with Gasteiger partial charge in [-0.2, -0.15) is 0 Å². The van der Waals surface area contributed by atoms with E-state index in [4.69, 9.17) is 9.47 Å². The summed E-state index contributed by atoms with van der Waals surface area (Å²) >= 11 is 0. The minimum atomic E-state index is 0.301. The Labute approximate surface area is 91.4 Å². The molecule has 0 unspecified atom stereocenters. The monoisotopic (exact) mass is 209 g/mol. The molecule has 3 heteroatoms. The molecule has 0 aliphatic rings. The van der Waals surface area contributed by atoms with Crippen molar-refractivity contribution in [3.63, 3.8) is 0 Å². The molecule has 0 spiro atoms. The van der Waals surface area contributed by atoms with Crippen LogP contribution in [0.25, 0.3) is 0 Å². The maximum absolute atomic E-state index is 5.33. The maximum Gasteiger partial charge on any atom is 0.123 e. The highest BCUT2D eigenvalue weighted by atomic mass is 16.5. The molecule has 0 bridgehead atoms. The van der Waals surface area contributed by atoms with Crippen LogP contribution in [0.1, 0.15) is 24.9 Å². The van der Waals surface area contributed by atoms with E-state index in [0.717, 1.165) is 23.5 Å². The average Bonchev–Trinajstić information content (AvgIpc) is 2.30. The van der Waals surface area contributed by atoms with Gasteiger partial charge in [0, 0.05) is 11.6 Å². The predicted octanol–water partition coefficient (Wildman–Crippen LogP) is 2.37. The molecule has 0 heterocycles. The number of nitrogens with one attached hydrogen (secondary N) is 1. The molecular weight excluding hydrogens is 190 g/mol. The number of hydrogen-bond acceptors (Lipinski definition) is 3. The first-order valence-electron chi connectivity index (χ1n) is 5.16. The topological polar surface area (TPSA) is 30.5 Å². The Morgan fingerprint density at radius 2 is 2.00 bits per heavy atom. The van der Waals surface area contributed by atoms with Crippen LogP contribution in [0.2, 0.25) is 0 Å². The minimum Gasteiger partial charge on any atom is -0.497 e. The van der Waals surface area contributed by atoms with Crippen molar-refractivity contribution in [2.45, 2.75) is 19.4 Å². The number of ether oxygens (including phenoxy) is 2. The summed E-state index contributed by atoms with van der Waals surface area (Å²) in [6, 6.07) is 6.16. The van der Waals surface area contributed by atoms with Crippen molar-refractivity contribution in [3.8, 4) is 11.5 Å². The summed E-state index contributed by atoms with van der Waals surface area (Å²) in [5.74, 6) is 1.76. The van der Waals surface area contributed by atoms with E-state index in [-0.39, 0.29) is 0 Å². The van der Waals surface area contributed by atoms with Gasteiger partial charge in [0.05, 0.1) is 14.2 Å². The summed E-state index contributed by atoms with van der Waals surface area (Å²) in [5.41, 5.74) is 1.14. The van der Waals surface area contributed by atoms with Crippen molar-refractivity contribution in [3.05, 3.63) is 23.8 Å². The van der Waals surface area contributed by atoms with Gasteiger partial charge in [0.1, 0.15) is 11.5 Å². The summed E-state index contributed by atoms with van der Waals surface area (Å²) in [5, 5.41) is 3.26. The standard InChI is InChI=1S/C12H19NO2/c1-5-11(13-2)10-8-9(14-3)6-7-12(10)15-4/h6-8,11,13H,5H2,1-4H3/t11-/m1/s1. The van der Waals surface area contributed by atoms with Crippen molar-refractivity contribution >= 4 is 0 Å². The molecule has 0 aromatic heterocycles. The first-order chi connectivity index (χ1) is 7.26. The summed E-state index contributed by atoms with van der Waals surface area (Å²) in [4.78, 5) is 0. The fourth-order valence-corrected chi connectivity index (χ4v) is 1.69. The van der Waals surface area contributed by atoms with Crippen LogP contribution in [0.3, 0.4) is 0 Å². The fourth-order valence-electron chi connectivity index (χ4n) is 1.69. The Hall–Kier alpha value is -1.22. The molecule has 0 amide bonds. The van der Waals surface area contributed by atoms with Crippen LogP contribution in [-0.2, 0) is 0 Å². The molecule has 15 heavy (non-hydrogen) atoms. The Morgan fingerprint density at radius 1 is 1.27 bits per heavy atom. The van der Waals surface area contributed by atoms with Crippen molar-refractivity contribution in [2.75, 3.05) is 21.3 Å². The van der Waals surface area contributed by atoms with Gasteiger partial charge in [-0.1, -0.05) is 6.92 Å². The lowest BCUT2D eigenvalue weighted by Gasteiger charge is -2.18. The molecule has 1 N–H and O–H groups in total. The molecule has 1 aromatic rings. The van der Waals surface area contributed by atoms with E-state index in [1.54, 1.807) is 14.2 Å². The first-order valence-corrected chi connectivity index (χ1v) is 5.16. The van der Waals surface area contributed by atoms with Gasteiger partial charge in [0.2, 0.25) is 0 Å². The van der Waals surface area contributed by atoms with Crippen molar-refractivity contribution in [1.29, 1.82) is 0 Å². The zero-order valence-corrected chi connectivity index (χ0v) is 9.83. The van der Waals surface area contributed by atoms with Gasteiger partial charge >= 0.3 is 0 Å². The van der Waals surface area contributed by atoms with E-state index in [2.05, 4.69) is 12.2 Å². The average molecular weight is 209 g/mol. The quantitative estimate of drug-likeness (QED) is 0.807. The number of hydrogen-bond donors (Lipinski definition) is 1. The summed E-state index contributed by atoms with van der Waals surface area (Å²) in [6.07, 6.45) is 1.01. The lowest BCUT2D eigenvalue weighted by atomic mass is 10.0. The van der Waals surface area contributed by atoms with Crippen molar-refractivity contribution in [1.82, 2.24) is 5.32 Å². The zero-order chi connectivity index (χ0) is 11.3. The van der Waals surface area contributed by atoms with Crippen LogP contribution in [-0.4, -0.2) is 21.3 Å². The van der Waals surface area contributed by atoms with Crippen LogP contribution in [0.4, 0.5) is 0 Å². The Bertz CT molecular complexity index is 308. The van der Waals surface area contributed by atoms with Crippen LogP contribution in [0.15, 0.2) is 18.2 Å². The molecule has 0 aliphatic heterocycles. The Balaban J connectivity index is 3.09. The van der Waals surface area contributed by atoms with Gasteiger partial charge in [-0.3, -0.25) is 0 Å². The number of methoxy groups -OCH3 is 2. The molecule has 1 rings (SSSR count). The van der Waals surface area contributed by atoms with Crippen molar-refractivity contribution < 1.29 is 9.47 Å². The third kappa shape index (κ3) is 2.63. The third-order valence-corrected chi connectivity index (χ3v) is 2.57. The highest BCUT2D eigenvalue weighted by Crippen LogP contribution is 2.30. The van der Waals surface area contributed by atoms with Gasteiger partial charge in [0.15, 0.2) is 0 Å². The molecule has 1 aromatic carbocycles. The molecule has 3 nitrogen and oxygen atoms in total. The lowest BCUT2D eigenvalue weighted by Crippen LogP contribution is -2.16. The number of rotatable bonds is 5. The smallest absolute Gasteiger partial charge is 0.123 e. The molecule has 0 fully saturated rings. The number of benzene rings is 1. The predicted molar refractivity (Wildman–Crippen MR) is 61.6 cm³/mol. The van der Waals surface area contributed by atoms with E-state index in [9.17, 15) is 0 Å². The minimum absolute atomic E-state index is 0.301. The normalized spacial score (nSPS) is 12.3. The Morgan fingerprint density at radius 3 is 2.47 bits per heavy atom. The highest BCUT2D eigenvalue weighted by Gasteiger charge is 2.13.